The minimum absolute atomic E-state index is 0.175. The van der Waals surface area contributed by atoms with Gasteiger partial charge in [0.1, 0.15) is 0 Å². The molecule has 24 heavy (non-hydrogen) atoms. The summed E-state index contributed by atoms with van der Waals surface area (Å²) in [6, 6.07) is 0. The zero-order valence-corrected chi connectivity index (χ0v) is 16.0. The third-order valence-corrected chi connectivity index (χ3v) is 4.59. The van der Waals surface area contributed by atoms with E-state index in [2.05, 4.69) is 6.92 Å². The van der Waals surface area contributed by atoms with E-state index in [0.29, 0.717) is 6.42 Å². The molecule has 4 heteroatoms. The van der Waals surface area contributed by atoms with Crippen LogP contribution in [-0.4, -0.2) is 28.6 Å². The predicted octanol–water partition coefficient (Wildman–Crippen LogP) is 5.67. The fraction of sp³-hybridized carbons (Fsp3) is 0.950. The second kappa shape index (κ2) is 15.9. The van der Waals surface area contributed by atoms with Gasteiger partial charge in [0.15, 0.2) is 0 Å². The lowest BCUT2D eigenvalue weighted by Gasteiger charge is -2.22. The second-order valence-electron chi connectivity index (χ2n) is 6.87. The Hall–Kier alpha value is -0.610. The first-order valence-electron chi connectivity index (χ1n) is 10.2. The Bertz CT molecular complexity index is 293. The minimum atomic E-state index is -1.99. The molecule has 0 aromatic carbocycles. The van der Waals surface area contributed by atoms with Gasteiger partial charge in [0.2, 0.25) is 0 Å². The van der Waals surface area contributed by atoms with Gasteiger partial charge in [-0.2, -0.15) is 0 Å². The molecule has 0 fully saturated rings. The van der Waals surface area contributed by atoms with Gasteiger partial charge in [-0.15, -0.1) is 0 Å². The van der Waals surface area contributed by atoms with Crippen molar-refractivity contribution in [2.75, 3.05) is 6.61 Å². The van der Waals surface area contributed by atoms with Gasteiger partial charge in [0.25, 0.3) is 5.79 Å². The molecule has 0 aromatic rings. The van der Waals surface area contributed by atoms with Crippen molar-refractivity contribution in [2.45, 2.75) is 116 Å². The summed E-state index contributed by atoms with van der Waals surface area (Å²) in [4.78, 5) is 11.0. The lowest BCUT2D eigenvalue weighted by Crippen LogP contribution is -2.41. The van der Waals surface area contributed by atoms with Gasteiger partial charge in [0.05, 0.1) is 0 Å². The Balaban J connectivity index is 3.35. The van der Waals surface area contributed by atoms with Crippen LogP contribution in [0.5, 0.6) is 0 Å². The van der Waals surface area contributed by atoms with Gasteiger partial charge in [-0.1, -0.05) is 90.4 Å². The van der Waals surface area contributed by atoms with E-state index in [4.69, 9.17) is 9.84 Å². The molecule has 0 bridgehead atoms. The summed E-state index contributed by atoms with van der Waals surface area (Å²) < 4.78 is 4.96. The van der Waals surface area contributed by atoms with Gasteiger partial charge in [-0.3, -0.25) is 0 Å². The molecule has 144 valence electrons. The summed E-state index contributed by atoms with van der Waals surface area (Å²) in [7, 11) is 0. The maximum absolute atomic E-state index is 11.0. The molecular weight excluding hydrogens is 304 g/mol. The van der Waals surface area contributed by atoms with E-state index in [1.807, 2.05) is 0 Å². The number of aliphatic hydroxyl groups is 1. The van der Waals surface area contributed by atoms with Crippen molar-refractivity contribution in [3.05, 3.63) is 0 Å². The third-order valence-electron chi connectivity index (χ3n) is 4.59. The normalized spacial score (nSPS) is 13.8. The maximum atomic E-state index is 11.0. The van der Waals surface area contributed by atoms with Gasteiger partial charge in [-0.05, 0) is 13.3 Å². The molecule has 4 nitrogen and oxygen atoms in total. The number of rotatable bonds is 18. The lowest BCUT2D eigenvalue weighted by atomic mass is 10.0. The molecule has 0 saturated carbocycles. The van der Waals surface area contributed by atoms with Crippen LogP contribution in [-0.2, 0) is 9.53 Å². The second-order valence-corrected chi connectivity index (χ2v) is 6.87. The molecule has 0 aromatic heterocycles. The van der Waals surface area contributed by atoms with Gasteiger partial charge < -0.3 is 14.9 Å². The Morgan fingerprint density at radius 3 is 1.46 bits per heavy atom. The van der Waals surface area contributed by atoms with Crippen LogP contribution in [0.25, 0.3) is 0 Å². The maximum Gasteiger partial charge on any atom is 0.364 e. The number of carboxylic acids is 1. The van der Waals surface area contributed by atoms with E-state index in [1.165, 1.54) is 70.6 Å². The van der Waals surface area contributed by atoms with E-state index in [-0.39, 0.29) is 13.0 Å². The molecule has 0 radical (unpaired) electrons. The molecule has 0 heterocycles. The number of hydrogen-bond acceptors (Lipinski definition) is 3. The SMILES string of the molecule is CCCCCCCCCCCCCCCCC(O)(OCC)C(=O)O. The molecule has 0 aliphatic heterocycles. The highest BCUT2D eigenvalue weighted by Gasteiger charge is 2.35. The van der Waals surface area contributed by atoms with E-state index >= 15 is 0 Å². The average Bonchev–Trinajstić information content (AvgIpc) is 2.55. The van der Waals surface area contributed by atoms with Gasteiger partial charge >= 0.3 is 5.97 Å². The zero-order valence-electron chi connectivity index (χ0n) is 16.0. The predicted molar refractivity (Wildman–Crippen MR) is 99.1 cm³/mol. The number of carboxylic acid groups (broad SMARTS) is 1. The number of unbranched alkanes of at least 4 members (excludes halogenated alkanes) is 13. The van der Waals surface area contributed by atoms with Crippen molar-refractivity contribution >= 4 is 5.97 Å². The molecule has 2 N–H and O–H groups in total. The monoisotopic (exact) mass is 344 g/mol. The van der Waals surface area contributed by atoms with Crippen LogP contribution in [0.4, 0.5) is 0 Å². The number of carbonyl (C=O) groups is 1. The van der Waals surface area contributed by atoms with Gasteiger partial charge in [0, 0.05) is 13.0 Å². The smallest absolute Gasteiger partial charge is 0.364 e. The van der Waals surface area contributed by atoms with Crippen molar-refractivity contribution in [3.63, 3.8) is 0 Å². The molecule has 1 unspecified atom stereocenters. The lowest BCUT2D eigenvalue weighted by molar-refractivity contribution is -0.224. The van der Waals surface area contributed by atoms with Crippen molar-refractivity contribution in [1.29, 1.82) is 0 Å². The van der Waals surface area contributed by atoms with Crippen LogP contribution < -0.4 is 0 Å². The summed E-state index contributed by atoms with van der Waals surface area (Å²) >= 11 is 0. The summed E-state index contributed by atoms with van der Waals surface area (Å²) in [6.45, 7) is 4.16. The van der Waals surface area contributed by atoms with E-state index in [1.54, 1.807) is 6.92 Å². The highest BCUT2D eigenvalue weighted by molar-refractivity contribution is 5.75. The molecule has 0 aliphatic rings. The van der Waals surface area contributed by atoms with Crippen LogP contribution in [0.3, 0.4) is 0 Å². The first-order valence-corrected chi connectivity index (χ1v) is 10.2. The van der Waals surface area contributed by atoms with E-state index < -0.39 is 11.8 Å². The molecule has 0 spiro atoms. The number of ether oxygens (including phenoxy) is 1. The Morgan fingerprint density at radius 1 is 0.750 bits per heavy atom. The van der Waals surface area contributed by atoms with Crippen LogP contribution >= 0.6 is 0 Å². The summed E-state index contributed by atoms with van der Waals surface area (Å²) in [5, 5.41) is 18.9. The third kappa shape index (κ3) is 12.8. The quantitative estimate of drug-likeness (QED) is 0.248. The zero-order chi connectivity index (χ0) is 18.1. The van der Waals surface area contributed by atoms with Crippen LogP contribution in [0.15, 0.2) is 0 Å². The van der Waals surface area contributed by atoms with Crippen LogP contribution in [0, 0.1) is 0 Å². The van der Waals surface area contributed by atoms with Crippen molar-refractivity contribution < 1.29 is 19.7 Å². The topological polar surface area (TPSA) is 66.8 Å². The summed E-state index contributed by atoms with van der Waals surface area (Å²) in [5.41, 5.74) is 0. The fourth-order valence-electron chi connectivity index (χ4n) is 3.04. The molecule has 0 aliphatic carbocycles. The number of hydrogen-bond donors (Lipinski definition) is 2. The van der Waals surface area contributed by atoms with E-state index in [0.717, 1.165) is 12.8 Å². The summed E-state index contributed by atoms with van der Waals surface area (Å²) in [5.74, 6) is -3.27. The van der Waals surface area contributed by atoms with Gasteiger partial charge in [-0.25, -0.2) is 4.79 Å². The Labute approximate surface area is 149 Å². The largest absolute Gasteiger partial charge is 0.477 e. The highest BCUT2D eigenvalue weighted by atomic mass is 16.6. The standard InChI is InChI=1S/C20H40O4/c1-3-5-6-7-8-9-10-11-12-13-14-15-16-17-18-20(23,19(21)22)24-4-2/h23H,3-18H2,1-2H3,(H,21,22). The first-order chi connectivity index (χ1) is 11.6. The van der Waals surface area contributed by atoms with Crippen LogP contribution in [0.1, 0.15) is 110 Å². The average molecular weight is 345 g/mol. The van der Waals surface area contributed by atoms with E-state index in [9.17, 15) is 9.90 Å². The highest BCUT2D eigenvalue weighted by Crippen LogP contribution is 2.19. The first kappa shape index (κ1) is 23.4. The van der Waals surface area contributed by atoms with Crippen LogP contribution in [0.2, 0.25) is 0 Å². The summed E-state index contributed by atoms with van der Waals surface area (Å²) in [6.07, 6.45) is 17.7. The molecule has 0 rings (SSSR count). The molecule has 0 amide bonds. The molecular formula is C20H40O4. The van der Waals surface area contributed by atoms with Crippen molar-refractivity contribution in [1.82, 2.24) is 0 Å². The fourth-order valence-corrected chi connectivity index (χ4v) is 3.04. The Morgan fingerprint density at radius 2 is 1.12 bits per heavy atom. The molecule has 1 atom stereocenters. The minimum Gasteiger partial charge on any atom is -0.477 e. The van der Waals surface area contributed by atoms with Crippen molar-refractivity contribution in [2.24, 2.45) is 0 Å². The van der Waals surface area contributed by atoms with Crippen molar-refractivity contribution in [3.8, 4) is 0 Å². The Kier molecular flexibility index (Phi) is 15.5. The number of aliphatic carboxylic acids is 1. The molecule has 0 saturated heterocycles.